The Morgan fingerprint density at radius 1 is 1.16 bits per heavy atom. The minimum absolute atomic E-state index is 0.167. The Labute approximate surface area is 192 Å². The molecule has 0 aromatic heterocycles. The predicted octanol–water partition coefficient (Wildman–Crippen LogP) is 3.78. The van der Waals surface area contributed by atoms with E-state index in [1.165, 1.54) is 9.80 Å². The highest BCUT2D eigenvalue weighted by Gasteiger charge is 2.45. The number of hydrogen-bond donors (Lipinski definition) is 2. The molecule has 2 aromatic rings. The van der Waals surface area contributed by atoms with E-state index in [1.54, 1.807) is 32.2 Å². The molecule has 2 N–H and O–H groups in total. The van der Waals surface area contributed by atoms with E-state index >= 15 is 0 Å². The van der Waals surface area contributed by atoms with Gasteiger partial charge in [0.2, 0.25) is 5.91 Å². The van der Waals surface area contributed by atoms with Crippen molar-refractivity contribution < 1.29 is 14.4 Å². The molecule has 0 aliphatic carbocycles. The fraction of sp³-hybridized carbons (Fsp3) is 0.292. The lowest BCUT2D eigenvalue weighted by molar-refractivity contribution is -0.133. The molecule has 2 aliphatic rings. The SMILES string of the molecule is Cc1cc(C)cc(NC(=O)[C@@H](C)N2CC3=C(C2=O)[C@H](c2ccccc2Cl)NC(=O)N3C)c1. The molecule has 0 fully saturated rings. The zero-order valence-corrected chi connectivity index (χ0v) is 19.2. The topological polar surface area (TPSA) is 81.8 Å². The normalized spacial score (nSPS) is 19.1. The standard InChI is InChI=1S/C24H25ClN4O3/c1-13-9-14(2)11-16(10-13)26-22(30)15(3)29-12-19-20(23(29)31)21(27-24(32)28(19)4)17-7-5-6-8-18(17)25/h5-11,15,21H,12H2,1-4H3,(H,26,30)(H,27,32)/t15-,21+/m1/s1. The van der Waals surface area contributed by atoms with Crippen LogP contribution in [0.2, 0.25) is 5.02 Å². The van der Waals surface area contributed by atoms with E-state index in [0.29, 0.717) is 27.5 Å². The first-order valence-corrected chi connectivity index (χ1v) is 10.8. The van der Waals surface area contributed by atoms with Gasteiger partial charge in [-0.15, -0.1) is 0 Å². The Morgan fingerprint density at radius 2 is 1.81 bits per heavy atom. The molecule has 4 rings (SSSR count). The van der Waals surface area contributed by atoms with E-state index in [9.17, 15) is 14.4 Å². The van der Waals surface area contributed by atoms with Crippen LogP contribution in [0.1, 0.15) is 29.7 Å². The summed E-state index contributed by atoms with van der Waals surface area (Å²) in [6, 6.07) is 11.2. The molecule has 4 amide bonds. The lowest BCUT2D eigenvalue weighted by Crippen LogP contribution is -2.45. The maximum atomic E-state index is 13.5. The summed E-state index contributed by atoms with van der Waals surface area (Å²) in [5.41, 5.74) is 4.42. The van der Waals surface area contributed by atoms with Gasteiger partial charge in [0, 0.05) is 17.8 Å². The first-order valence-electron chi connectivity index (χ1n) is 10.4. The summed E-state index contributed by atoms with van der Waals surface area (Å²) < 4.78 is 0. The van der Waals surface area contributed by atoms with Crippen molar-refractivity contribution in [3.8, 4) is 0 Å². The van der Waals surface area contributed by atoms with Gasteiger partial charge < -0.3 is 15.5 Å². The van der Waals surface area contributed by atoms with Crippen molar-refractivity contribution in [3.63, 3.8) is 0 Å². The lowest BCUT2D eigenvalue weighted by atomic mass is 9.95. The zero-order valence-electron chi connectivity index (χ0n) is 18.4. The molecular weight excluding hydrogens is 428 g/mol. The van der Waals surface area contributed by atoms with Crippen LogP contribution < -0.4 is 10.6 Å². The van der Waals surface area contributed by atoms with Gasteiger partial charge >= 0.3 is 6.03 Å². The molecule has 2 aromatic carbocycles. The van der Waals surface area contributed by atoms with E-state index < -0.39 is 12.1 Å². The predicted molar refractivity (Wildman–Crippen MR) is 123 cm³/mol. The summed E-state index contributed by atoms with van der Waals surface area (Å²) in [6.45, 7) is 5.78. The molecule has 8 heteroatoms. The first kappa shape index (κ1) is 21.9. The third kappa shape index (κ3) is 3.84. The van der Waals surface area contributed by atoms with Crippen LogP contribution in [-0.4, -0.2) is 47.3 Å². The molecule has 2 aliphatic heterocycles. The van der Waals surface area contributed by atoms with Crippen LogP contribution in [0.25, 0.3) is 0 Å². The van der Waals surface area contributed by atoms with Crippen molar-refractivity contribution in [1.82, 2.24) is 15.1 Å². The van der Waals surface area contributed by atoms with Gasteiger partial charge in [-0.25, -0.2) is 4.79 Å². The molecule has 0 saturated carbocycles. The summed E-state index contributed by atoms with van der Waals surface area (Å²) >= 11 is 6.37. The van der Waals surface area contributed by atoms with E-state index in [4.69, 9.17) is 11.6 Å². The molecule has 7 nitrogen and oxygen atoms in total. The summed E-state index contributed by atoms with van der Waals surface area (Å²) in [7, 11) is 1.62. The average Bonchev–Trinajstić information content (AvgIpc) is 3.07. The number of benzene rings is 2. The number of anilines is 1. The second kappa shape index (κ2) is 8.31. The second-order valence-corrected chi connectivity index (χ2v) is 8.71. The van der Waals surface area contributed by atoms with Crippen LogP contribution in [0.4, 0.5) is 10.5 Å². The smallest absolute Gasteiger partial charge is 0.322 e. The van der Waals surface area contributed by atoms with Crippen LogP contribution in [0.15, 0.2) is 53.7 Å². The maximum Gasteiger partial charge on any atom is 0.322 e. The number of likely N-dealkylation sites (N-methyl/N-ethyl adjacent to an activating group) is 1. The molecule has 0 bridgehead atoms. The number of hydrogen-bond acceptors (Lipinski definition) is 3. The van der Waals surface area contributed by atoms with Gasteiger partial charge in [0.05, 0.1) is 23.9 Å². The van der Waals surface area contributed by atoms with Crippen LogP contribution >= 0.6 is 11.6 Å². The van der Waals surface area contributed by atoms with E-state index in [0.717, 1.165) is 11.1 Å². The van der Waals surface area contributed by atoms with Crippen molar-refractivity contribution in [2.75, 3.05) is 18.9 Å². The Kier molecular flexibility index (Phi) is 5.69. The number of nitrogens with zero attached hydrogens (tertiary/aromatic N) is 2. The molecule has 2 heterocycles. The number of rotatable bonds is 4. The number of nitrogens with one attached hydrogen (secondary N) is 2. The Morgan fingerprint density at radius 3 is 2.47 bits per heavy atom. The van der Waals surface area contributed by atoms with E-state index in [1.807, 2.05) is 38.1 Å². The maximum absolute atomic E-state index is 13.5. The largest absolute Gasteiger partial charge is 0.326 e. The van der Waals surface area contributed by atoms with E-state index in [-0.39, 0.29) is 24.4 Å². The second-order valence-electron chi connectivity index (χ2n) is 8.30. The minimum Gasteiger partial charge on any atom is -0.326 e. The lowest BCUT2D eigenvalue weighted by Gasteiger charge is -2.31. The highest BCUT2D eigenvalue weighted by Crippen LogP contribution is 2.38. The molecule has 32 heavy (non-hydrogen) atoms. The fourth-order valence-corrected chi connectivity index (χ4v) is 4.52. The van der Waals surface area contributed by atoms with Crippen LogP contribution in [0, 0.1) is 13.8 Å². The monoisotopic (exact) mass is 452 g/mol. The van der Waals surface area contributed by atoms with Crippen molar-refractivity contribution in [3.05, 3.63) is 75.4 Å². The first-order chi connectivity index (χ1) is 15.2. The number of aryl methyl sites for hydroxylation is 2. The Balaban J connectivity index is 1.61. The van der Waals surface area contributed by atoms with Crippen LogP contribution in [-0.2, 0) is 9.59 Å². The van der Waals surface area contributed by atoms with Gasteiger partial charge in [-0.3, -0.25) is 14.5 Å². The number of urea groups is 1. The van der Waals surface area contributed by atoms with Gasteiger partial charge in [0.25, 0.3) is 5.91 Å². The van der Waals surface area contributed by atoms with Crippen molar-refractivity contribution >= 4 is 35.1 Å². The number of amides is 4. The van der Waals surface area contributed by atoms with Crippen molar-refractivity contribution in [1.29, 1.82) is 0 Å². The zero-order chi connectivity index (χ0) is 23.2. The molecular formula is C24H25ClN4O3. The summed E-state index contributed by atoms with van der Waals surface area (Å²) in [4.78, 5) is 41.9. The quantitative estimate of drug-likeness (QED) is 0.740. The average molecular weight is 453 g/mol. The van der Waals surface area contributed by atoms with Crippen LogP contribution in [0.5, 0.6) is 0 Å². The third-order valence-corrected chi connectivity index (χ3v) is 6.28. The molecule has 0 spiro atoms. The summed E-state index contributed by atoms with van der Waals surface area (Å²) in [5, 5.41) is 6.23. The number of halogens is 1. The van der Waals surface area contributed by atoms with Gasteiger partial charge in [-0.05, 0) is 55.7 Å². The third-order valence-electron chi connectivity index (χ3n) is 5.94. The van der Waals surface area contributed by atoms with Crippen molar-refractivity contribution in [2.45, 2.75) is 32.9 Å². The van der Waals surface area contributed by atoms with Gasteiger partial charge in [-0.2, -0.15) is 0 Å². The Hall–Kier alpha value is -3.32. The highest BCUT2D eigenvalue weighted by atomic mass is 35.5. The molecule has 0 unspecified atom stereocenters. The van der Waals surface area contributed by atoms with Gasteiger partial charge in [0.15, 0.2) is 0 Å². The highest BCUT2D eigenvalue weighted by molar-refractivity contribution is 6.31. The fourth-order valence-electron chi connectivity index (χ4n) is 4.28. The minimum atomic E-state index is -0.732. The van der Waals surface area contributed by atoms with Gasteiger partial charge in [-0.1, -0.05) is 35.9 Å². The summed E-state index contributed by atoms with van der Waals surface area (Å²) in [5.74, 6) is -0.584. The molecule has 0 radical (unpaired) electrons. The number of carbonyl (C=O) groups excluding carboxylic acids is 3. The Bertz CT molecular complexity index is 1140. The molecule has 2 atom stereocenters. The molecule has 0 saturated heterocycles. The van der Waals surface area contributed by atoms with E-state index in [2.05, 4.69) is 10.6 Å². The molecule has 166 valence electrons. The van der Waals surface area contributed by atoms with Gasteiger partial charge in [0.1, 0.15) is 6.04 Å². The van der Waals surface area contributed by atoms with Crippen molar-refractivity contribution in [2.24, 2.45) is 0 Å². The van der Waals surface area contributed by atoms with Crippen LogP contribution in [0.3, 0.4) is 0 Å². The summed E-state index contributed by atoms with van der Waals surface area (Å²) in [6.07, 6.45) is 0. The number of carbonyl (C=O) groups is 3.